The third-order valence-electron chi connectivity index (χ3n) is 1.54. The number of rotatable bonds is 6. The summed E-state index contributed by atoms with van der Waals surface area (Å²) in [5, 5.41) is 0. The van der Waals surface area contributed by atoms with Crippen LogP contribution >= 0.6 is 0 Å². The highest BCUT2D eigenvalue weighted by Crippen LogP contribution is 1.86. The van der Waals surface area contributed by atoms with Gasteiger partial charge in [0.05, 0.1) is 6.61 Å². The first-order chi connectivity index (χ1) is 5.16. The molecule has 11 heavy (non-hydrogen) atoms. The zero-order valence-corrected chi connectivity index (χ0v) is 8.05. The van der Waals surface area contributed by atoms with Crippen molar-refractivity contribution in [3.63, 3.8) is 0 Å². The molecular formula is C8H20N2O. The van der Waals surface area contributed by atoms with E-state index in [1.807, 2.05) is 14.1 Å². The molecule has 0 rings (SSSR count). The summed E-state index contributed by atoms with van der Waals surface area (Å²) in [5.74, 6) is 0. The molecule has 1 atom stereocenters. The second-order valence-corrected chi connectivity index (χ2v) is 3.08. The second kappa shape index (κ2) is 6.58. The monoisotopic (exact) mass is 160 g/mol. The molecule has 0 radical (unpaired) electrons. The Kier molecular flexibility index (Phi) is 6.51. The van der Waals surface area contributed by atoms with Gasteiger partial charge in [-0.15, -0.1) is 0 Å². The predicted molar refractivity (Wildman–Crippen MR) is 47.4 cm³/mol. The third-order valence-corrected chi connectivity index (χ3v) is 1.54. The molecule has 0 spiro atoms. The normalized spacial score (nSPS) is 13.9. The summed E-state index contributed by atoms with van der Waals surface area (Å²) in [6, 6.07) is 0.456. The average molecular weight is 160 g/mol. The molecule has 0 aromatic heterocycles. The molecular weight excluding hydrogens is 140 g/mol. The topological polar surface area (TPSA) is 24.5 Å². The number of nitrogens with zero attached hydrogens (tertiary/aromatic N) is 1. The molecule has 0 saturated heterocycles. The van der Waals surface area contributed by atoms with Crippen LogP contribution in [-0.2, 0) is 4.84 Å². The van der Waals surface area contributed by atoms with Gasteiger partial charge < -0.3 is 9.74 Å². The van der Waals surface area contributed by atoms with E-state index in [1.165, 1.54) is 0 Å². The van der Waals surface area contributed by atoms with Crippen LogP contribution in [0.2, 0.25) is 0 Å². The number of hydrogen-bond donors (Lipinski definition) is 1. The zero-order chi connectivity index (χ0) is 8.69. The van der Waals surface area contributed by atoms with Crippen LogP contribution in [0.3, 0.4) is 0 Å². The maximum Gasteiger partial charge on any atom is 0.0809 e. The van der Waals surface area contributed by atoms with Crippen molar-refractivity contribution in [1.82, 2.24) is 10.4 Å². The summed E-state index contributed by atoms with van der Waals surface area (Å²) in [6.07, 6.45) is 1.10. The van der Waals surface area contributed by atoms with Gasteiger partial charge in [0.2, 0.25) is 0 Å². The molecule has 0 amide bonds. The van der Waals surface area contributed by atoms with E-state index < -0.39 is 0 Å². The van der Waals surface area contributed by atoms with Gasteiger partial charge in [0.15, 0.2) is 0 Å². The van der Waals surface area contributed by atoms with E-state index in [9.17, 15) is 0 Å². The molecule has 0 aliphatic heterocycles. The molecule has 0 aliphatic rings. The highest BCUT2D eigenvalue weighted by Gasteiger charge is 1.96. The van der Waals surface area contributed by atoms with E-state index in [-0.39, 0.29) is 0 Å². The van der Waals surface area contributed by atoms with Gasteiger partial charge in [0.25, 0.3) is 0 Å². The van der Waals surface area contributed by atoms with Crippen LogP contribution in [0.5, 0.6) is 0 Å². The van der Waals surface area contributed by atoms with Crippen LogP contribution in [0.25, 0.3) is 0 Å². The zero-order valence-electron chi connectivity index (χ0n) is 8.05. The lowest BCUT2D eigenvalue weighted by atomic mass is 10.3. The minimum Gasteiger partial charge on any atom is -0.307 e. The smallest absolute Gasteiger partial charge is 0.0809 e. The molecule has 1 N–H and O–H groups in total. The van der Waals surface area contributed by atoms with Crippen LogP contribution in [0.15, 0.2) is 0 Å². The Morgan fingerprint density at radius 1 is 1.45 bits per heavy atom. The van der Waals surface area contributed by atoms with Gasteiger partial charge in [0, 0.05) is 12.6 Å². The quantitative estimate of drug-likeness (QED) is 0.461. The van der Waals surface area contributed by atoms with E-state index in [2.05, 4.69) is 24.2 Å². The Labute approximate surface area is 69.7 Å². The Morgan fingerprint density at radius 2 is 2.09 bits per heavy atom. The summed E-state index contributed by atoms with van der Waals surface area (Å²) >= 11 is 0. The van der Waals surface area contributed by atoms with Crippen LogP contribution in [-0.4, -0.2) is 38.2 Å². The van der Waals surface area contributed by atoms with Gasteiger partial charge in [-0.3, -0.25) is 0 Å². The van der Waals surface area contributed by atoms with Crippen molar-refractivity contribution >= 4 is 0 Å². The highest BCUT2D eigenvalue weighted by molar-refractivity contribution is 4.48. The molecule has 0 aliphatic carbocycles. The lowest BCUT2D eigenvalue weighted by Gasteiger charge is -2.13. The number of likely N-dealkylation sites (N-methyl/N-ethyl adjacent to an activating group) is 1. The molecule has 0 heterocycles. The summed E-state index contributed by atoms with van der Waals surface area (Å²) in [5.41, 5.74) is 2.96. The fourth-order valence-electron chi connectivity index (χ4n) is 0.513. The molecule has 3 heteroatoms. The number of nitrogens with one attached hydrogen (secondary N) is 1. The molecule has 0 aromatic carbocycles. The van der Waals surface area contributed by atoms with Gasteiger partial charge >= 0.3 is 0 Å². The predicted octanol–water partition coefficient (Wildman–Crippen LogP) is 0.868. The van der Waals surface area contributed by atoms with Crippen molar-refractivity contribution in [2.24, 2.45) is 0 Å². The van der Waals surface area contributed by atoms with Crippen molar-refractivity contribution in [3.05, 3.63) is 0 Å². The van der Waals surface area contributed by atoms with E-state index in [0.717, 1.165) is 19.6 Å². The maximum atomic E-state index is 5.21. The lowest BCUT2D eigenvalue weighted by Crippen LogP contribution is -2.29. The lowest BCUT2D eigenvalue weighted by molar-refractivity contribution is 0.0122. The van der Waals surface area contributed by atoms with E-state index in [4.69, 9.17) is 4.84 Å². The van der Waals surface area contributed by atoms with Gasteiger partial charge in [-0.1, -0.05) is 6.92 Å². The number of hydrogen-bond acceptors (Lipinski definition) is 3. The Bertz CT molecular complexity index is 86.2. The van der Waals surface area contributed by atoms with Gasteiger partial charge in [-0.2, -0.15) is 5.48 Å². The first-order valence-corrected chi connectivity index (χ1v) is 4.18. The van der Waals surface area contributed by atoms with Gasteiger partial charge in [-0.05, 0) is 27.4 Å². The Balaban J connectivity index is 3.01. The van der Waals surface area contributed by atoms with Crippen molar-refractivity contribution in [1.29, 1.82) is 0 Å². The fourth-order valence-corrected chi connectivity index (χ4v) is 0.513. The van der Waals surface area contributed by atoms with Gasteiger partial charge in [0.1, 0.15) is 0 Å². The van der Waals surface area contributed by atoms with Crippen molar-refractivity contribution in [3.8, 4) is 0 Å². The second-order valence-electron chi connectivity index (χ2n) is 3.08. The molecule has 0 saturated carbocycles. The summed E-state index contributed by atoms with van der Waals surface area (Å²) in [6.45, 7) is 5.95. The van der Waals surface area contributed by atoms with Crippen molar-refractivity contribution in [2.45, 2.75) is 26.3 Å². The Hall–Kier alpha value is -0.120. The molecule has 1 unspecified atom stereocenters. The molecule has 0 aromatic rings. The first-order valence-electron chi connectivity index (χ1n) is 4.18. The molecule has 3 nitrogen and oxygen atoms in total. The minimum absolute atomic E-state index is 0.456. The summed E-state index contributed by atoms with van der Waals surface area (Å²) in [7, 11) is 4.07. The Morgan fingerprint density at radius 3 is 2.55 bits per heavy atom. The van der Waals surface area contributed by atoms with Crippen molar-refractivity contribution < 1.29 is 4.84 Å². The van der Waals surface area contributed by atoms with Crippen LogP contribution in [0, 0.1) is 0 Å². The number of hydroxylamine groups is 1. The average Bonchev–Trinajstić information content (AvgIpc) is 1.97. The summed E-state index contributed by atoms with van der Waals surface area (Å²) < 4.78 is 0. The standard InChI is InChI=1S/C8H20N2O/c1-5-8(2)9-11-7-6-10(3)4/h8-9H,5-7H2,1-4H3. The van der Waals surface area contributed by atoms with Crippen LogP contribution in [0.1, 0.15) is 20.3 Å². The van der Waals surface area contributed by atoms with Crippen molar-refractivity contribution in [2.75, 3.05) is 27.2 Å². The van der Waals surface area contributed by atoms with Crippen LogP contribution < -0.4 is 5.48 Å². The third kappa shape index (κ3) is 7.78. The first kappa shape index (κ1) is 10.9. The maximum absolute atomic E-state index is 5.21. The van der Waals surface area contributed by atoms with E-state index >= 15 is 0 Å². The van der Waals surface area contributed by atoms with Gasteiger partial charge in [-0.25, -0.2) is 0 Å². The molecule has 0 bridgehead atoms. The molecule has 68 valence electrons. The fraction of sp³-hybridized carbons (Fsp3) is 1.00. The minimum atomic E-state index is 0.456. The molecule has 0 fully saturated rings. The van der Waals surface area contributed by atoms with E-state index in [1.54, 1.807) is 0 Å². The summed E-state index contributed by atoms with van der Waals surface area (Å²) in [4.78, 5) is 7.30. The van der Waals surface area contributed by atoms with E-state index in [0.29, 0.717) is 6.04 Å². The van der Waals surface area contributed by atoms with Crippen LogP contribution in [0.4, 0.5) is 0 Å². The highest BCUT2D eigenvalue weighted by atomic mass is 16.6. The largest absolute Gasteiger partial charge is 0.307 e. The SMILES string of the molecule is CCC(C)NOCCN(C)C.